The monoisotopic (exact) mass is 564 g/mol. The van der Waals surface area contributed by atoms with Gasteiger partial charge in [-0.25, -0.2) is 0 Å². The lowest BCUT2D eigenvalue weighted by atomic mass is 9.99. The van der Waals surface area contributed by atoms with E-state index in [4.69, 9.17) is 9.97 Å². The smallest absolute Gasteiger partial charge is 0.0703 e. The first-order chi connectivity index (χ1) is 19.6. The summed E-state index contributed by atoms with van der Waals surface area (Å²) in [6, 6.07) is 17.7. The molecule has 0 bridgehead atoms. The van der Waals surface area contributed by atoms with E-state index in [0.717, 1.165) is 24.5 Å². The Morgan fingerprint density at radius 1 is 0.500 bits per heavy atom. The SMILES string of the molecule is C.Cc1cc(-c2ccc(N(C)CCCCCCCN(C)c3ccc(-c4cc(C)c(C)c(C)c4)nc3)cn2)cc(C)c1C. The van der Waals surface area contributed by atoms with E-state index in [1.165, 1.54) is 88.0 Å². The molecule has 224 valence electrons. The van der Waals surface area contributed by atoms with Crippen molar-refractivity contribution in [3.8, 4) is 22.5 Å². The van der Waals surface area contributed by atoms with E-state index in [0.29, 0.717) is 0 Å². The number of aromatic nitrogens is 2. The van der Waals surface area contributed by atoms with Crippen LogP contribution in [0.1, 0.15) is 72.9 Å². The molecule has 0 aliphatic heterocycles. The summed E-state index contributed by atoms with van der Waals surface area (Å²) in [7, 11) is 4.35. The molecule has 4 aromatic rings. The van der Waals surface area contributed by atoms with Crippen LogP contribution in [0.2, 0.25) is 0 Å². The van der Waals surface area contributed by atoms with Gasteiger partial charge in [0.25, 0.3) is 0 Å². The van der Waals surface area contributed by atoms with Gasteiger partial charge in [-0.05, 0) is 136 Å². The minimum absolute atomic E-state index is 0. The van der Waals surface area contributed by atoms with E-state index in [1.54, 1.807) is 0 Å². The van der Waals surface area contributed by atoms with Crippen molar-refractivity contribution >= 4 is 11.4 Å². The van der Waals surface area contributed by atoms with Crippen LogP contribution in [-0.4, -0.2) is 37.2 Å². The molecule has 2 aromatic carbocycles. The molecule has 0 fully saturated rings. The maximum absolute atomic E-state index is 4.77. The van der Waals surface area contributed by atoms with Gasteiger partial charge in [0.05, 0.1) is 35.2 Å². The average Bonchev–Trinajstić information content (AvgIpc) is 2.97. The first kappa shape index (κ1) is 32.8. The van der Waals surface area contributed by atoms with Gasteiger partial charge >= 0.3 is 0 Å². The number of hydrogen-bond acceptors (Lipinski definition) is 4. The van der Waals surface area contributed by atoms with E-state index >= 15 is 0 Å². The summed E-state index contributed by atoms with van der Waals surface area (Å²) in [5.41, 5.74) is 14.9. The Labute approximate surface area is 255 Å². The number of hydrogen-bond donors (Lipinski definition) is 0. The fraction of sp³-hybridized carbons (Fsp3) is 0.421. The molecule has 0 atom stereocenters. The van der Waals surface area contributed by atoms with Crippen molar-refractivity contribution in [2.45, 2.75) is 81.1 Å². The first-order valence-corrected chi connectivity index (χ1v) is 15.1. The summed E-state index contributed by atoms with van der Waals surface area (Å²) in [5.74, 6) is 0. The van der Waals surface area contributed by atoms with E-state index in [-0.39, 0.29) is 7.43 Å². The zero-order chi connectivity index (χ0) is 29.5. The molecule has 0 aliphatic carbocycles. The van der Waals surface area contributed by atoms with E-state index in [9.17, 15) is 0 Å². The van der Waals surface area contributed by atoms with Crippen LogP contribution in [0.5, 0.6) is 0 Å². The van der Waals surface area contributed by atoms with Gasteiger partial charge in [-0.1, -0.05) is 26.7 Å². The van der Waals surface area contributed by atoms with E-state index in [1.807, 2.05) is 12.4 Å². The zero-order valence-corrected chi connectivity index (χ0v) is 26.5. The number of nitrogens with zero attached hydrogens (tertiary/aromatic N) is 4. The van der Waals surface area contributed by atoms with E-state index in [2.05, 4.69) is 114 Å². The van der Waals surface area contributed by atoms with Gasteiger partial charge in [0.1, 0.15) is 0 Å². The second-order valence-electron chi connectivity index (χ2n) is 11.9. The largest absolute Gasteiger partial charge is 0.373 e. The summed E-state index contributed by atoms with van der Waals surface area (Å²) >= 11 is 0. The van der Waals surface area contributed by atoms with Gasteiger partial charge in [0.15, 0.2) is 0 Å². The zero-order valence-electron chi connectivity index (χ0n) is 26.5. The minimum atomic E-state index is 0. The van der Waals surface area contributed by atoms with Crippen LogP contribution in [-0.2, 0) is 0 Å². The van der Waals surface area contributed by atoms with Crippen molar-refractivity contribution in [1.29, 1.82) is 0 Å². The van der Waals surface area contributed by atoms with Crippen molar-refractivity contribution in [2.24, 2.45) is 0 Å². The van der Waals surface area contributed by atoms with Crippen LogP contribution in [0.25, 0.3) is 22.5 Å². The van der Waals surface area contributed by atoms with Crippen LogP contribution in [0.4, 0.5) is 11.4 Å². The highest BCUT2D eigenvalue weighted by molar-refractivity contribution is 5.65. The Morgan fingerprint density at radius 2 is 0.833 bits per heavy atom. The van der Waals surface area contributed by atoms with Crippen molar-refractivity contribution in [2.75, 3.05) is 37.0 Å². The van der Waals surface area contributed by atoms with Crippen LogP contribution >= 0.6 is 0 Å². The molecular formula is C38H52N4. The Hall–Kier alpha value is -3.66. The Kier molecular flexibility index (Phi) is 11.7. The third-order valence-corrected chi connectivity index (χ3v) is 8.81. The number of rotatable bonds is 12. The molecule has 2 heterocycles. The fourth-order valence-corrected chi connectivity index (χ4v) is 5.42. The fourth-order valence-electron chi connectivity index (χ4n) is 5.42. The van der Waals surface area contributed by atoms with Crippen LogP contribution in [0, 0.1) is 41.5 Å². The maximum atomic E-state index is 4.77. The van der Waals surface area contributed by atoms with Crippen molar-refractivity contribution in [3.63, 3.8) is 0 Å². The summed E-state index contributed by atoms with van der Waals surface area (Å²) in [4.78, 5) is 14.2. The predicted octanol–water partition coefficient (Wildman–Crippen LogP) is 9.82. The van der Waals surface area contributed by atoms with Gasteiger partial charge in [0, 0.05) is 38.3 Å². The molecule has 0 aliphatic rings. The molecular weight excluding hydrogens is 512 g/mol. The van der Waals surface area contributed by atoms with Gasteiger partial charge in [-0.15, -0.1) is 0 Å². The molecule has 0 saturated carbocycles. The second-order valence-corrected chi connectivity index (χ2v) is 11.9. The molecule has 0 radical (unpaired) electrons. The molecule has 4 heteroatoms. The normalized spacial score (nSPS) is 10.9. The number of aryl methyl sites for hydroxylation is 4. The molecule has 4 rings (SSSR count). The average molecular weight is 565 g/mol. The summed E-state index contributed by atoms with van der Waals surface area (Å²) in [6.45, 7) is 15.2. The highest BCUT2D eigenvalue weighted by Crippen LogP contribution is 2.26. The minimum Gasteiger partial charge on any atom is -0.373 e. The third kappa shape index (κ3) is 8.21. The first-order valence-electron chi connectivity index (χ1n) is 15.1. The summed E-state index contributed by atoms with van der Waals surface area (Å²) in [6.07, 6.45) is 10.2. The molecule has 0 N–H and O–H groups in total. The summed E-state index contributed by atoms with van der Waals surface area (Å²) in [5, 5.41) is 0. The van der Waals surface area contributed by atoms with E-state index < -0.39 is 0 Å². The lowest BCUT2D eigenvalue weighted by molar-refractivity contribution is 0.610. The molecule has 0 amide bonds. The Bertz CT molecular complexity index is 1280. The molecule has 42 heavy (non-hydrogen) atoms. The predicted molar refractivity (Wildman–Crippen MR) is 184 cm³/mol. The molecule has 0 saturated heterocycles. The van der Waals surface area contributed by atoms with Gasteiger partial charge in [-0.2, -0.15) is 0 Å². The topological polar surface area (TPSA) is 32.3 Å². The number of benzene rings is 2. The highest BCUT2D eigenvalue weighted by Gasteiger charge is 2.08. The van der Waals surface area contributed by atoms with Gasteiger partial charge < -0.3 is 9.80 Å². The van der Waals surface area contributed by atoms with Crippen LogP contribution in [0.15, 0.2) is 60.9 Å². The van der Waals surface area contributed by atoms with Crippen molar-refractivity contribution in [1.82, 2.24) is 9.97 Å². The van der Waals surface area contributed by atoms with Crippen LogP contribution in [0.3, 0.4) is 0 Å². The number of pyridine rings is 2. The lowest BCUT2D eigenvalue weighted by Gasteiger charge is -2.20. The second kappa shape index (κ2) is 15.0. The quantitative estimate of drug-likeness (QED) is 0.160. The molecule has 2 aromatic heterocycles. The summed E-state index contributed by atoms with van der Waals surface area (Å²) < 4.78 is 0. The molecule has 0 unspecified atom stereocenters. The molecule has 0 spiro atoms. The highest BCUT2D eigenvalue weighted by atomic mass is 15.1. The van der Waals surface area contributed by atoms with Gasteiger partial charge in [-0.3, -0.25) is 9.97 Å². The van der Waals surface area contributed by atoms with Gasteiger partial charge in [0.2, 0.25) is 0 Å². The number of unbranched alkanes of at least 4 members (excludes halogenated alkanes) is 4. The van der Waals surface area contributed by atoms with Crippen molar-refractivity contribution in [3.05, 3.63) is 94.3 Å². The van der Waals surface area contributed by atoms with Crippen LogP contribution < -0.4 is 9.80 Å². The number of anilines is 2. The third-order valence-electron chi connectivity index (χ3n) is 8.81. The lowest BCUT2D eigenvalue weighted by Crippen LogP contribution is -2.19. The molecule has 4 nitrogen and oxygen atoms in total. The Morgan fingerprint density at radius 3 is 1.14 bits per heavy atom. The Balaban J connectivity index is 0.00000484. The standard InChI is InChI=1S/C37H48N4.CH4/c1-26-20-32(21-27(2)30(26)5)36-16-14-34(24-38-36)40(7)18-12-10-9-11-13-19-41(8)35-15-17-37(39-25-35)33-22-28(3)31(6)29(4)23-33;/h14-17,20-25H,9-13,18-19H2,1-8H3;1H4. The maximum Gasteiger partial charge on any atom is 0.0703 e. The van der Waals surface area contributed by atoms with Crippen molar-refractivity contribution < 1.29 is 0 Å².